The third-order valence-electron chi connectivity index (χ3n) is 0.801. The summed E-state index contributed by atoms with van der Waals surface area (Å²) in [4.78, 5) is 10.3. The van der Waals surface area contributed by atoms with Gasteiger partial charge in [-0.2, -0.15) is 0 Å². The highest BCUT2D eigenvalue weighted by Crippen LogP contribution is 1.99. The van der Waals surface area contributed by atoms with Gasteiger partial charge in [-0.05, 0) is 31.5 Å². The van der Waals surface area contributed by atoms with Crippen LogP contribution in [0.25, 0.3) is 0 Å². The molecule has 0 spiro atoms. The standard InChI is InChI=1S/C6H9ClO2/c1-4(6(7)9)3-5(2)8/h3,5,8H,1-2H3. The molecule has 0 heterocycles. The van der Waals surface area contributed by atoms with Crippen LogP contribution in [0.5, 0.6) is 0 Å². The number of halogens is 1. The minimum Gasteiger partial charge on any atom is -0.389 e. The number of hydrogen-bond donors (Lipinski definition) is 1. The van der Waals surface area contributed by atoms with Crippen LogP contribution in [0.4, 0.5) is 0 Å². The molecule has 0 bridgehead atoms. The van der Waals surface area contributed by atoms with Gasteiger partial charge in [0, 0.05) is 5.57 Å². The summed E-state index contributed by atoms with van der Waals surface area (Å²) < 4.78 is 0. The van der Waals surface area contributed by atoms with Crippen molar-refractivity contribution in [1.29, 1.82) is 0 Å². The molecule has 0 aromatic carbocycles. The summed E-state index contributed by atoms with van der Waals surface area (Å²) in [6, 6.07) is 0. The van der Waals surface area contributed by atoms with Gasteiger partial charge >= 0.3 is 0 Å². The Labute approximate surface area is 59.1 Å². The molecule has 3 heteroatoms. The summed E-state index contributed by atoms with van der Waals surface area (Å²) >= 11 is 5.05. The van der Waals surface area contributed by atoms with Crippen LogP contribution in [0.2, 0.25) is 0 Å². The molecule has 0 aliphatic heterocycles. The minimum atomic E-state index is -0.604. The summed E-state index contributed by atoms with van der Waals surface area (Å²) in [6.07, 6.45) is 0.794. The average molecular weight is 149 g/mol. The normalized spacial score (nSPS) is 15.3. The Morgan fingerprint density at radius 1 is 1.78 bits per heavy atom. The molecule has 9 heavy (non-hydrogen) atoms. The maximum atomic E-state index is 10.3. The average Bonchev–Trinajstić information content (AvgIpc) is 1.63. The third kappa shape index (κ3) is 4.18. The number of hydrogen-bond acceptors (Lipinski definition) is 2. The van der Waals surface area contributed by atoms with E-state index in [1.54, 1.807) is 13.8 Å². The third-order valence-corrected chi connectivity index (χ3v) is 1.10. The van der Waals surface area contributed by atoms with Crippen LogP contribution in [0.15, 0.2) is 11.6 Å². The molecule has 1 atom stereocenters. The number of carbonyl (C=O) groups excluding carboxylic acids is 1. The van der Waals surface area contributed by atoms with E-state index in [9.17, 15) is 4.79 Å². The molecular formula is C6H9ClO2. The van der Waals surface area contributed by atoms with Gasteiger partial charge in [0.1, 0.15) is 0 Å². The summed E-state index contributed by atoms with van der Waals surface area (Å²) in [5, 5.41) is 8.17. The van der Waals surface area contributed by atoms with Crippen LogP contribution < -0.4 is 0 Å². The van der Waals surface area contributed by atoms with Gasteiger partial charge in [0.05, 0.1) is 6.10 Å². The first kappa shape index (κ1) is 8.66. The number of aliphatic hydroxyl groups excluding tert-OH is 1. The Balaban J connectivity index is 4.00. The first-order valence-corrected chi connectivity index (χ1v) is 2.98. The zero-order chi connectivity index (χ0) is 7.44. The second kappa shape index (κ2) is 3.64. The number of allylic oxidation sites excluding steroid dienone is 1. The summed E-state index contributed by atoms with van der Waals surface area (Å²) in [5.41, 5.74) is 0.381. The molecule has 0 rings (SSSR count). The molecule has 0 radical (unpaired) electrons. The molecule has 0 aromatic heterocycles. The molecule has 1 unspecified atom stereocenters. The van der Waals surface area contributed by atoms with E-state index < -0.39 is 11.3 Å². The summed E-state index contributed by atoms with van der Waals surface area (Å²) in [6.45, 7) is 3.12. The quantitative estimate of drug-likeness (QED) is 0.470. The lowest BCUT2D eigenvalue weighted by molar-refractivity contribution is -0.108. The van der Waals surface area contributed by atoms with Crippen LogP contribution in [0.3, 0.4) is 0 Å². The van der Waals surface area contributed by atoms with E-state index in [0.29, 0.717) is 5.57 Å². The van der Waals surface area contributed by atoms with Crippen molar-refractivity contribution in [3.63, 3.8) is 0 Å². The van der Waals surface area contributed by atoms with Crippen LogP contribution in [-0.2, 0) is 4.79 Å². The van der Waals surface area contributed by atoms with E-state index in [-0.39, 0.29) is 0 Å². The monoisotopic (exact) mass is 148 g/mol. The van der Waals surface area contributed by atoms with E-state index in [4.69, 9.17) is 16.7 Å². The fourth-order valence-corrected chi connectivity index (χ4v) is 0.490. The van der Waals surface area contributed by atoms with Crippen molar-refractivity contribution in [2.75, 3.05) is 0 Å². The Bertz CT molecular complexity index is 138. The highest BCUT2D eigenvalue weighted by Gasteiger charge is 1.98. The van der Waals surface area contributed by atoms with E-state index in [1.807, 2.05) is 0 Å². The molecule has 52 valence electrons. The van der Waals surface area contributed by atoms with Crippen molar-refractivity contribution in [1.82, 2.24) is 0 Å². The molecule has 2 nitrogen and oxygen atoms in total. The van der Waals surface area contributed by atoms with Gasteiger partial charge in [-0.1, -0.05) is 0 Å². The van der Waals surface area contributed by atoms with Gasteiger partial charge in [0.2, 0.25) is 5.24 Å². The number of aliphatic hydroxyl groups is 1. The fraction of sp³-hybridized carbons (Fsp3) is 0.500. The van der Waals surface area contributed by atoms with Crippen LogP contribution >= 0.6 is 11.6 Å². The fourth-order valence-electron chi connectivity index (χ4n) is 0.427. The minimum absolute atomic E-state index is 0.381. The van der Waals surface area contributed by atoms with Gasteiger partial charge in [0.25, 0.3) is 0 Å². The number of carbonyl (C=O) groups is 1. The second-order valence-corrected chi connectivity index (χ2v) is 2.21. The van der Waals surface area contributed by atoms with E-state index >= 15 is 0 Å². The highest BCUT2D eigenvalue weighted by atomic mass is 35.5. The maximum Gasteiger partial charge on any atom is 0.247 e. The lowest BCUT2D eigenvalue weighted by Crippen LogP contribution is -1.97. The molecule has 0 fully saturated rings. The lowest BCUT2D eigenvalue weighted by Gasteiger charge is -1.94. The Morgan fingerprint density at radius 3 is 2.33 bits per heavy atom. The van der Waals surface area contributed by atoms with Crippen LogP contribution in [0, 0.1) is 0 Å². The van der Waals surface area contributed by atoms with Crippen molar-refractivity contribution in [3.05, 3.63) is 11.6 Å². The van der Waals surface area contributed by atoms with Crippen molar-refractivity contribution in [2.24, 2.45) is 0 Å². The predicted molar refractivity (Wildman–Crippen MR) is 36.3 cm³/mol. The molecule has 0 amide bonds. The second-order valence-electron chi connectivity index (χ2n) is 1.86. The zero-order valence-electron chi connectivity index (χ0n) is 5.39. The van der Waals surface area contributed by atoms with Crippen molar-refractivity contribution in [2.45, 2.75) is 20.0 Å². The molecular weight excluding hydrogens is 140 g/mol. The largest absolute Gasteiger partial charge is 0.389 e. The topological polar surface area (TPSA) is 37.3 Å². The first-order chi connectivity index (χ1) is 4.04. The predicted octanol–water partition coefficient (Wildman–Crippen LogP) is 1.08. The number of rotatable bonds is 2. The van der Waals surface area contributed by atoms with E-state index in [1.165, 1.54) is 6.08 Å². The summed E-state index contributed by atoms with van der Waals surface area (Å²) in [5.74, 6) is 0. The lowest BCUT2D eigenvalue weighted by atomic mass is 10.2. The van der Waals surface area contributed by atoms with E-state index in [2.05, 4.69) is 0 Å². The van der Waals surface area contributed by atoms with Crippen molar-refractivity contribution >= 4 is 16.8 Å². The van der Waals surface area contributed by atoms with Crippen LogP contribution in [0.1, 0.15) is 13.8 Å². The summed E-state index contributed by atoms with van der Waals surface area (Å²) in [7, 11) is 0. The van der Waals surface area contributed by atoms with Gasteiger partial charge in [-0.25, -0.2) is 0 Å². The molecule has 0 saturated carbocycles. The Hall–Kier alpha value is -0.340. The van der Waals surface area contributed by atoms with Crippen molar-refractivity contribution < 1.29 is 9.90 Å². The highest BCUT2D eigenvalue weighted by molar-refractivity contribution is 6.67. The smallest absolute Gasteiger partial charge is 0.247 e. The van der Waals surface area contributed by atoms with Crippen LogP contribution in [-0.4, -0.2) is 16.5 Å². The maximum absolute atomic E-state index is 10.3. The van der Waals surface area contributed by atoms with E-state index in [0.717, 1.165) is 0 Å². The molecule has 0 aromatic rings. The Kier molecular flexibility index (Phi) is 3.50. The van der Waals surface area contributed by atoms with Gasteiger partial charge in [-0.15, -0.1) is 0 Å². The zero-order valence-corrected chi connectivity index (χ0v) is 6.14. The SMILES string of the molecule is CC(=CC(C)O)C(=O)Cl. The first-order valence-electron chi connectivity index (χ1n) is 2.60. The molecule has 1 N–H and O–H groups in total. The van der Waals surface area contributed by atoms with Gasteiger partial charge in [-0.3, -0.25) is 4.79 Å². The molecule has 0 saturated heterocycles. The Morgan fingerprint density at radius 2 is 2.22 bits per heavy atom. The van der Waals surface area contributed by atoms with Gasteiger partial charge in [0.15, 0.2) is 0 Å². The van der Waals surface area contributed by atoms with Crippen molar-refractivity contribution in [3.8, 4) is 0 Å². The molecule has 0 aliphatic rings. The molecule has 0 aliphatic carbocycles. The van der Waals surface area contributed by atoms with Gasteiger partial charge < -0.3 is 5.11 Å².